The SMILES string of the molecule is c1ccc(-c2ccc(N(c3ccc(-c4cccc5oc6ccccc6c45)cc3)c3cc4ccccc4c4ccccc34)cc2)cc1. The van der Waals surface area contributed by atoms with Gasteiger partial charge in [-0.25, -0.2) is 0 Å². The van der Waals surface area contributed by atoms with E-state index in [1.54, 1.807) is 0 Å². The number of nitrogens with zero attached hydrogens (tertiary/aromatic N) is 1. The van der Waals surface area contributed by atoms with Gasteiger partial charge in [0.1, 0.15) is 11.2 Å². The van der Waals surface area contributed by atoms with E-state index >= 15 is 0 Å². The van der Waals surface area contributed by atoms with Crippen LogP contribution in [0.2, 0.25) is 0 Å². The highest BCUT2D eigenvalue weighted by molar-refractivity contribution is 6.15. The standard InChI is InChI=1S/C44H29NO/c1-2-11-30(12-3-1)31-21-25-34(26-22-31)45(41-29-33-13-4-5-14-36(33)38-15-6-7-16-39(38)41)35-27-23-32(24-28-35)37-18-10-20-43-44(37)40-17-8-9-19-42(40)46-43/h1-29H. The van der Waals surface area contributed by atoms with Crippen molar-refractivity contribution in [3.63, 3.8) is 0 Å². The first-order valence-electron chi connectivity index (χ1n) is 15.7. The molecule has 9 rings (SSSR count). The van der Waals surface area contributed by atoms with Gasteiger partial charge in [0.25, 0.3) is 0 Å². The molecule has 0 spiro atoms. The Morgan fingerprint density at radius 3 is 1.70 bits per heavy atom. The molecular weight excluding hydrogens is 558 g/mol. The first-order valence-corrected chi connectivity index (χ1v) is 15.7. The number of fused-ring (bicyclic) bond motifs is 6. The summed E-state index contributed by atoms with van der Waals surface area (Å²) in [4.78, 5) is 2.39. The highest BCUT2D eigenvalue weighted by Crippen LogP contribution is 2.43. The zero-order chi connectivity index (χ0) is 30.5. The summed E-state index contributed by atoms with van der Waals surface area (Å²) < 4.78 is 6.20. The molecule has 0 aliphatic rings. The Morgan fingerprint density at radius 1 is 0.370 bits per heavy atom. The lowest BCUT2D eigenvalue weighted by molar-refractivity contribution is 0.669. The van der Waals surface area contributed by atoms with Gasteiger partial charge in [0.15, 0.2) is 0 Å². The average molecular weight is 588 g/mol. The van der Waals surface area contributed by atoms with E-state index in [2.05, 4.69) is 169 Å². The van der Waals surface area contributed by atoms with Crippen molar-refractivity contribution in [3.8, 4) is 22.3 Å². The Bertz CT molecular complexity index is 2510. The van der Waals surface area contributed by atoms with Gasteiger partial charge in [-0.2, -0.15) is 0 Å². The lowest BCUT2D eigenvalue weighted by Gasteiger charge is -2.28. The summed E-state index contributed by atoms with van der Waals surface area (Å²) in [6.07, 6.45) is 0. The minimum absolute atomic E-state index is 0.908. The molecule has 0 amide bonds. The van der Waals surface area contributed by atoms with E-state index < -0.39 is 0 Å². The third-order valence-corrected chi connectivity index (χ3v) is 9.06. The molecule has 0 N–H and O–H groups in total. The van der Waals surface area contributed by atoms with Crippen LogP contribution in [0.1, 0.15) is 0 Å². The van der Waals surface area contributed by atoms with Gasteiger partial charge in [-0.05, 0) is 80.9 Å². The summed E-state index contributed by atoms with van der Waals surface area (Å²) in [5.74, 6) is 0. The summed E-state index contributed by atoms with van der Waals surface area (Å²) in [6, 6.07) is 62.8. The summed E-state index contributed by atoms with van der Waals surface area (Å²) in [6.45, 7) is 0. The maximum atomic E-state index is 6.20. The molecule has 0 unspecified atom stereocenters. The molecule has 1 heterocycles. The molecule has 2 nitrogen and oxygen atoms in total. The lowest BCUT2D eigenvalue weighted by atomic mass is 9.97. The third kappa shape index (κ3) is 4.35. The van der Waals surface area contributed by atoms with E-state index in [-0.39, 0.29) is 0 Å². The van der Waals surface area contributed by atoms with Gasteiger partial charge in [-0.3, -0.25) is 0 Å². The average Bonchev–Trinajstić information content (AvgIpc) is 3.52. The van der Waals surface area contributed by atoms with Crippen molar-refractivity contribution in [2.75, 3.05) is 4.90 Å². The van der Waals surface area contributed by atoms with Crippen LogP contribution in [0.25, 0.3) is 65.7 Å². The Hall–Kier alpha value is -6.12. The molecule has 9 aromatic rings. The second-order valence-corrected chi connectivity index (χ2v) is 11.7. The van der Waals surface area contributed by atoms with Gasteiger partial charge >= 0.3 is 0 Å². The quantitative estimate of drug-likeness (QED) is 0.186. The summed E-state index contributed by atoms with van der Waals surface area (Å²) in [7, 11) is 0. The first kappa shape index (κ1) is 26.3. The normalized spacial score (nSPS) is 11.5. The van der Waals surface area contributed by atoms with Crippen molar-refractivity contribution in [3.05, 3.63) is 176 Å². The monoisotopic (exact) mass is 587 g/mol. The number of para-hydroxylation sites is 1. The molecule has 0 radical (unpaired) electrons. The lowest BCUT2D eigenvalue weighted by Crippen LogP contribution is -2.10. The molecule has 0 saturated carbocycles. The zero-order valence-electron chi connectivity index (χ0n) is 25.1. The molecule has 46 heavy (non-hydrogen) atoms. The second kappa shape index (κ2) is 10.8. The third-order valence-electron chi connectivity index (χ3n) is 9.06. The largest absolute Gasteiger partial charge is 0.456 e. The van der Waals surface area contributed by atoms with Crippen molar-refractivity contribution in [1.29, 1.82) is 0 Å². The summed E-state index contributed by atoms with van der Waals surface area (Å²) >= 11 is 0. The van der Waals surface area contributed by atoms with Gasteiger partial charge in [0, 0.05) is 27.5 Å². The van der Waals surface area contributed by atoms with Crippen LogP contribution in [0.4, 0.5) is 17.1 Å². The van der Waals surface area contributed by atoms with E-state index in [9.17, 15) is 0 Å². The van der Waals surface area contributed by atoms with E-state index in [1.807, 2.05) is 12.1 Å². The van der Waals surface area contributed by atoms with Crippen LogP contribution < -0.4 is 4.90 Å². The number of hydrogen-bond donors (Lipinski definition) is 0. The summed E-state index contributed by atoms with van der Waals surface area (Å²) in [5, 5.41) is 7.23. The molecule has 0 bridgehead atoms. The van der Waals surface area contributed by atoms with Crippen LogP contribution in [0.15, 0.2) is 180 Å². The highest BCUT2D eigenvalue weighted by Gasteiger charge is 2.18. The van der Waals surface area contributed by atoms with Crippen molar-refractivity contribution in [2.45, 2.75) is 0 Å². The topological polar surface area (TPSA) is 16.4 Å². The van der Waals surface area contributed by atoms with Crippen LogP contribution in [-0.2, 0) is 0 Å². The Kier molecular flexibility index (Phi) is 6.17. The number of benzene rings is 8. The predicted molar refractivity (Wildman–Crippen MR) is 194 cm³/mol. The van der Waals surface area contributed by atoms with E-state index in [4.69, 9.17) is 4.42 Å². The molecule has 0 aliphatic heterocycles. The fourth-order valence-electron chi connectivity index (χ4n) is 6.89. The van der Waals surface area contributed by atoms with Gasteiger partial charge < -0.3 is 9.32 Å². The van der Waals surface area contributed by atoms with Gasteiger partial charge in [-0.1, -0.05) is 133 Å². The maximum Gasteiger partial charge on any atom is 0.136 e. The van der Waals surface area contributed by atoms with Crippen LogP contribution in [-0.4, -0.2) is 0 Å². The van der Waals surface area contributed by atoms with Gasteiger partial charge in [-0.15, -0.1) is 0 Å². The molecule has 216 valence electrons. The predicted octanol–water partition coefficient (Wildman–Crippen LogP) is 12.7. The Balaban J connectivity index is 1.23. The molecule has 2 heteroatoms. The van der Waals surface area contributed by atoms with Crippen LogP contribution in [0.3, 0.4) is 0 Å². The molecule has 0 aliphatic carbocycles. The maximum absolute atomic E-state index is 6.20. The van der Waals surface area contributed by atoms with E-state index in [1.165, 1.54) is 38.2 Å². The first-order chi connectivity index (χ1) is 22.8. The van der Waals surface area contributed by atoms with Crippen LogP contribution in [0.5, 0.6) is 0 Å². The Labute approximate surface area is 267 Å². The van der Waals surface area contributed by atoms with Crippen molar-refractivity contribution >= 4 is 60.5 Å². The van der Waals surface area contributed by atoms with Crippen LogP contribution in [0, 0.1) is 0 Å². The number of hydrogen-bond acceptors (Lipinski definition) is 2. The van der Waals surface area contributed by atoms with Crippen LogP contribution >= 0.6 is 0 Å². The number of rotatable bonds is 5. The fourth-order valence-corrected chi connectivity index (χ4v) is 6.89. The van der Waals surface area contributed by atoms with E-state index in [0.717, 1.165) is 44.6 Å². The fraction of sp³-hybridized carbons (Fsp3) is 0. The molecule has 8 aromatic carbocycles. The van der Waals surface area contributed by atoms with E-state index in [0.29, 0.717) is 0 Å². The number of furan rings is 1. The molecule has 0 atom stereocenters. The number of anilines is 3. The second-order valence-electron chi connectivity index (χ2n) is 11.7. The molecule has 1 aromatic heterocycles. The van der Waals surface area contributed by atoms with Gasteiger partial charge in [0.05, 0.1) is 5.69 Å². The molecule has 0 fully saturated rings. The van der Waals surface area contributed by atoms with Gasteiger partial charge in [0.2, 0.25) is 0 Å². The zero-order valence-corrected chi connectivity index (χ0v) is 25.1. The minimum Gasteiger partial charge on any atom is -0.456 e. The molecule has 0 saturated heterocycles. The summed E-state index contributed by atoms with van der Waals surface area (Å²) in [5.41, 5.74) is 9.91. The van der Waals surface area contributed by atoms with Crippen molar-refractivity contribution < 1.29 is 4.42 Å². The molecular formula is C44H29NO. The Morgan fingerprint density at radius 2 is 0.935 bits per heavy atom. The minimum atomic E-state index is 0.908. The highest BCUT2D eigenvalue weighted by atomic mass is 16.3. The van der Waals surface area contributed by atoms with Crippen molar-refractivity contribution in [2.24, 2.45) is 0 Å². The van der Waals surface area contributed by atoms with Crippen molar-refractivity contribution in [1.82, 2.24) is 0 Å². The smallest absolute Gasteiger partial charge is 0.136 e.